The third kappa shape index (κ3) is 10.8. The van der Waals surface area contributed by atoms with Crippen molar-refractivity contribution >= 4 is 11.6 Å². The van der Waals surface area contributed by atoms with Gasteiger partial charge in [0, 0.05) is 5.88 Å². The van der Waals surface area contributed by atoms with Gasteiger partial charge in [-0.05, 0) is 17.9 Å². The van der Waals surface area contributed by atoms with Crippen molar-refractivity contribution in [1.29, 1.82) is 0 Å². The van der Waals surface area contributed by atoms with E-state index in [9.17, 15) is 0 Å². The monoisotopic (exact) mass is 336 g/mol. The predicted octanol–water partition coefficient (Wildman–Crippen LogP) is 8.10. The average molecular weight is 337 g/mol. The van der Waals surface area contributed by atoms with E-state index in [1.807, 2.05) is 0 Å². The Labute approximate surface area is 150 Å². The average Bonchev–Trinajstić information content (AvgIpc) is 2.60. The summed E-state index contributed by atoms with van der Waals surface area (Å²) in [5, 5.41) is 0. The molecule has 0 spiro atoms. The molecule has 0 heterocycles. The van der Waals surface area contributed by atoms with Gasteiger partial charge >= 0.3 is 0 Å². The third-order valence-electron chi connectivity index (χ3n) is 4.86. The predicted molar refractivity (Wildman–Crippen MR) is 106 cm³/mol. The molecule has 0 N–H and O–H groups in total. The van der Waals surface area contributed by atoms with Gasteiger partial charge in [-0.1, -0.05) is 114 Å². The standard InChI is InChI=1S/C22H37Cl/c1-2-3-4-5-6-7-8-9-10-11-12-14-19-22(20-23)21-17-15-13-16-18-21/h13,15-18,22H,2-12,14,19-20H2,1H3. The normalized spacial score (nSPS) is 12.4. The minimum Gasteiger partial charge on any atom is -0.126 e. The van der Waals surface area contributed by atoms with Crippen molar-refractivity contribution in [2.24, 2.45) is 0 Å². The van der Waals surface area contributed by atoms with Crippen molar-refractivity contribution in [3.63, 3.8) is 0 Å². The highest BCUT2D eigenvalue weighted by molar-refractivity contribution is 6.18. The van der Waals surface area contributed by atoms with Gasteiger partial charge in [0.1, 0.15) is 0 Å². The van der Waals surface area contributed by atoms with Crippen LogP contribution in [0, 0.1) is 0 Å². The maximum atomic E-state index is 6.14. The molecule has 0 fully saturated rings. The van der Waals surface area contributed by atoms with Gasteiger partial charge in [0.15, 0.2) is 0 Å². The van der Waals surface area contributed by atoms with E-state index in [4.69, 9.17) is 11.6 Å². The molecule has 0 bridgehead atoms. The van der Waals surface area contributed by atoms with Crippen molar-refractivity contribution in [2.45, 2.75) is 96.3 Å². The summed E-state index contributed by atoms with van der Waals surface area (Å²) >= 11 is 6.14. The van der Waals surface area contributed by atoms with Crippen LogP contribution in [-0.2, 0) is 0 Å². The molecule has 132 valence electrons. The third-order valence-corrected chi connectivity index (χ3v) is 5.24. The van der Waals surface area contributed by atoms with E-state index in [1.165, 1.54) is 89.0 Å². The smallest absolute Gasteiger partial charge is 0.0292 e. The summed E-state index contributed by atoms with van der Waals surface area (Å²) in [5.41, 5.74) is 1.41. The molecule has 1 rings (SSSR count). The molecule has 0 amide bonds. The number of alkyl halides is 1. The maximum Gasteiger partial charge on any atom is 0.0292 e. The summed E-state index contributed by atoms with van der Waals surface area (Å²) in [6.45, 7) is 2.29. The van der Waals surface area contributed by atoms with Crippen LogP contribution in [0.5, 0.6) is 0 Å². The van der Waals surface area contributed by atoms with Crippen LogP contribution in [0.15, 0.2) is 30.3 Å². The second-order valence-corrected chi connectivity index (χ2v) is 7.25. The molecule has 0 aliphatic carbocycles. The Morgan fingerprint density at radius 2 is 1.17 bits per heavy atom. The molecule has 0 saturated carbocycles. The van der Waals surface area contributed by atoms with E-state index in [2.05, 4.69) is 37.3 Å². The number of hydrogen-bond acceptors (Lipinski definition) is 0. The zero-order chi connectivity index (χ0) is 16.6. The highest BCUT2D eigenvalue weighted by Crippen LogP contribution is 2.24. The zero-order valence-corrected chi connectivity index (χ0v) is 16.0. The first-order valence-corrected chi connectivity index (χ1v) is 10.5. The Balaban J connectivity index is 1.91. The first-order valence-electron chi connectivity index (χ1n) is 9.99. The van der Waals surface area contributed by atoms with E-state index in [-0.39, 0.29) is 0 Å². The summed E-state index contributed by atoms with van der Waals surface area (Å²) in [6, 6.07) is 10.8. The van der Waals surface area contributed by atoms with Crippen molar-refractivity contribution in [2.75, 3.05) is 5.88 Å². The van der Waals surface area contributed by atoms with Gasteiger partial charge < -0.3 is 0 Å². The van der Waals surface area contributed by atoms with E-state index in [1.54, 1.807) is 0 Å². The maximum absolute atomic E-state index is 6.14. The van der Waals surface area contributed by atoms with Crippen molar-refractivity contribution in [3.8, 4) is 0 Å². The molecule has 0 nitrogen and oxygen atoms in total. The molecule has 23 heavy (non-hydrogen) atoms. The van der Waals surface area contributed by atoms with Crippen LogP contribution in [-0.4, -0.2) is 5.88 Å². The molecular formula is C22H37Cl. The molecule has 0 aromatic heterocycles. The van der Waals surface area contributed by atoms with Crippen LogP contribution >= 0.6 is 11.6 Å². The lowest BCUT2D eigenvalue weighted by molar-refractivity contribution is 0.529. The Bertz CT molecular complexity index is 346. The number of rotatable bonds is 15. The number of hydrogen-bond donors (Lipinski definition) is 0. The fourth-order valence-electron chi connectivity index (χ4n) is 3.29. The first kappa shape index (κ1) is 20.6. The van der Waals surface area contributed by atoms with Crippen molar-refractivity contribution in [1.82, 2.24) is 0 Å². The van der Waals surface area contributed by atoms with E-state index >= 15 is 0 Å². The number of benzene rings is 1. The lowest BCUT2D eigenvalue weighted by atomic mass is 9.94. The van der Waals surface area contributed by atoms with Gasteiger partial charge in [0.05, 0.1) is 0 Å². The minimum atomic E-state index is 0.543. The van der Waals surface area contributed by atoms with Gasteiger partial charge in [-0.2, -0.15) is 0 Å². The molecule has 1 unspecified atom stereocenters. The van der Waals surface area contributed by atoms with Gasteiger partial charge in [-0.25, -0.2) is 0 Å². The summed E-state index contributed by atoms with van der Waals surface area (Å²) < 4.78 is 0. The molecule has 0 aliphatic heterocycles. The van der Waals surface area contributed by atoms with Gasteiger partial charge in [0.25, 0.3) is 0 Å². The second kappa shape index (κ2) is 15.1. The highest BCUT2D eigenvalue weighted by atomic mass is 35.5. The molecule has 0 aliphatic rings. The van der Waals surface area contributed by atoms with Crippen LogP contribution in [0.3, 0.4) is 0 Å². The molecule has 1 atom stereocenters. The minimum absolute atomic E-state index is 0.543. The molecule has 1 heteroatoms. The van der Waals surface area contributed by atoms with Gasteiger partial charge in [0.2, 0.25) is 0 Å². The second-order valence-electron chi connectivity index (χ2n) is 6.94. The number of halogens is 1. The lowest BCUT2D eigenvalue weighted by Crippen LogP contribution is -2.00. The Hall–Kier alpha value is -0.490. The van der Waals surface area contributed by atoms with Crippen molar-refractivity contribution in [3.05, 3.63) is 35.9 Å². The molecular weight excluding hydrogens is 300 g/mol. The summed E-state index contributed by atoms with van der Waals surface area (Å²) in [5.74, 6) is 1.29. The van der Waals surface area contributed by atoms with Gasteiger partial charge in [-0.15, -0.1) is 11.6 Å². The Morgan fingerprint density at radius 1 is 0.696 bits per heavy atom. The summed E-state index contributed by atoms with van der Waals surface area (Å²) in [7, 11) is 0. The fourth-order valence-corrected chi connectivity index (χ4v) is 3.62. The SMILES string of the molecule is CCCCCCCCCCCCCCC(CCl)c1ccccc1. The van der Waals surface area contributed by atoms with Crippen molar-refractivity contribution < 1.29 is 0 Å². The molecule has 0 saturated heterocycles. The van der Waals surface area contributed by atoms with E-state index in [0.29, 0.717) is 5.92 Å². The largest absolute Gasteiger partial charge is 0.126 e. The quantitative estimate of drug-likeness (QED) is 0.224. The van der Waals surface area contributed by atoms with E-state index < -0.39 is 0 Å². The van der Waals surface area contributed by atoms with E-state index in [0.717, 1.165) is 5.88 Å². The summed E-state index contributed by atoms with van der Waals surface area (Å²) in [4.78, 5) is 0. The fraction of sp³-hybridized carbons (Fsp3) is 0.727. The number of unbranched alkanes of at least 4 members (excludes halogenated alkanes) is 11. The van der Waals surface area contributed by atoms with Crippen LogP contribution in [0.4, 0.5) is 0 Å². The molecule has 1 aromatic rings. The van der Waals surface area contributed by atoms with Crippen LogP contribution < -0.4 is 0 Å². The zero-order valence-electron chi connectivity index (χ0n) is 15.2. The van der Waals surface area contributed by atoms with Crippen LogP contribution in [0.1, 0.15) is 102 Å². The highest BCUT2D eigenvalue weighted by Gasteiger charge is 2.09. The summed E-state index contributed by atoms with van der Waals surface area (Å²) in [6.07, 6.45) is 18.2. The Kier molecular flexibility index (Phi) is 13.5. The topological polar surface area (TPSA) is 0 Å². The Morgan fingerprint density at radius 3 is 1.65 bits per heavy atom. The van der Waals surface area contributed by atoms with Crippen LogP contribution in [0.2, 0.25) is 0 Å². The molecule has 0 radical (unpaired) electrons. The van der Waals surface area contributed by atoms with Gasteiger partial charge in [-0.3, -0.25) is 0 Å². The first-order chi connectivity index (χ1) is 11.4. The van der Waals surface area contributed by atoms with Crippen LogP contribution in [0.25, 0.3) is 0 Å². The molecule has 1 aromatic carbocycles. The lowest BCUT2D eigenvalue weighted by Gasteiger charge is -2.14.